The molecule has 0 aromatic heterocycles. The number of nitrogen functional groups attached to an aromatic ring is 1. The molecular weight excluding hydrogens is 234 g/mol. The minimum Gasteiger partial charge on any atom is -0.490 e. The molecule has 5 nitrogen and oxygen atoms in total. The lowest BCUT2D eigenvalue weighted by atomic mass is 10.1. The summed E-state index contributed by atoms with van der Waals surface area (Å²) in [7, 11) is 0. The first kappa shape index (κ1) is 12.5. The average Bonchev–Trinajstić information content (AvgIpc) is 2.52. The molecule has 1 aromatic rings. The fourth-order valence-electron chi connectivity index (χ4n) is 1.73. The number of carbonyl (C=O) groups is 1. The molecule has 0 fully saturated rings. The summed E-state index contributed by atoms with van der Waals surface area (Å²) in [6.07, 6.45) is 0.562. The van der Waals surface area contributed by atoms with Crippen LogP contribution in [0.4, 0.5) is 5.69 Å². The standard InChI is InChI=1S/C13H17NO4/c1-8(2)18-13(15)11-9(14)4-5-10-12(11)17-7-3-6-16-10/h4-5,8H,3,6-7,14H2,1-2H3. The number of hydrogen-bond acceptors (Lipinski definition) is 5. The largest absolute Gasteiger partial charge is 0.490 e. The SMILES string of the molecule is CC(C)OC(=O)c1c(N)ccc2c1OCCCO2. The van der Waals surface area contributed by atoms with E-state index in [1.165, 1.54) is 0 Å². The Morgan fingerprint density at radius 3 is 2.78 bits per heavy atom. The Morgan fingerprint density at radius 1 is 1.33 bits per heavy atom. The molecule has 0 unspecified atom stereocenters. The number of rotatable bonds is 2. The van der Waals surface area contributed by atoms with E-state index in [-0.39, 0.29) is 11.7 Å². The van der Waals surface area contributed by atoms with E-state index in [0.717, 1.165) is 6.42 Å². The number of carbonyl (C=O) groups excluding carboxylic acids is 1. The maximum absolute atomic E-state index is 12.0. The van der Waals surface area contributed by atoms with Crippen LogP contribution in [0.2, 0.25) is 0 Å². The number of nitrogens with two attached hydrogens (primary N) is 1. The van der Waals surface area contributed by atoms with Gasteiger partial charge in [0.2, 0.25) is 0 Å². The number of hydrogen-bond donors (Lipinski definition) is 1. The number of benzene rings is 1. The summed E-state index contributed by atoms with van der Waals surface area (Å²) >= 11 is 0. The highest BCUT2D eigenvalue weighted by Gasteiger charge is 2.24. The van der Waals surface area contributed by atoms with Crippen LogP contribution in [-0.2, 0) is 4.74 Å². The van der Waals surface area contributed by atoms with Gasteiger partial charge in [0.05, 0.1) is 25.0 Å². The minimum atomic E-state index is -0.482. The number of esters is 1. The van der Waals surface area contributed by atoms with E-state index in [9.17, 15) is 4.79 Å². The lowest BCUT2D eigenvalue weighted by molar-refractivity contribution is 0.0374. The lowest BCUT2D eigenvalue weighted by Gasteiger charge is -2.15. The molecular formula is C13H17NO4. The van der Waals surface area contributed by atoms with Gasteiger partial charge in [-0.05, 0) is 26.0 Å². The van der Waals surface area contributed by atoms with Crippen LogP contribution in [0.3, 0.4) is 0 Å². The van der Waals surface area contributed by atoms with Crippen molar-refractivity contribution < 1.29 is 19.0 Å². The first-order valence-electron chi connectivity index (χ1n) is 5.98. The maximum atomic E-state index is 12.0. The van der Waals surface area contributed by atoms with Crippen LogP contribution in [0.1, 0.15) is 30.6 Å². The molecule has 1 aliphatic rings. The van der Waals surface area contributed by atoms with Crippen molar-refractivity contribution in [3.05, 3.63) is 17.7 Å². The van der Waals surface area contributed by atoms with Gasteiger partial charge in [0.15, 0.2) is 11.5 Å². The number of anilines is 1. The minimum absolute atomic E-state index is 0.209. The molecule has 5 heteroatoms. The van der Waals surface area contributed by atoms with Crippen LogP contribution in [0.25, 0.3) is 0 Å². The van der Waals surface area contributed by atoms with E-state index >= 15 is 0 Å². The molecule has 0 spiro atoms. The Hall–Kier alpha value is -1.91. The van der Waals surface area contributed by atoms with E-state index in [1.807, 2.05) is 0 Å². The van der Waals surface area contributed by atoms with E-state index < -0.39 is 5.97 Å². The van der Waals surface area contributed by atoms with Gasteiger partial charge in [0, 0.05) is 6.42 Å². The zero-order valence-electron chi connectivity index (χ0n) is 10.6. The van der Waals surface area contributed by atoms with Gasteiger partial charge in [-0.2, -0.15) is 0 Å². The monoisotopic (exact) mass is 251 g/mol. The molecule has 1 heterocycles. The van der Waals surface area contributed by atoms with Crippen LogP contribution in [-0.4, -0.2) is 25.3 Å². The maximum Gasteiger partial charge on any atom is 0.344 e. The summed E-state index contributed by atoms with van der Waals surface area (Å²) in [5.74, 6) is 0.445. The number of fused-ring (bicyclic) bond motifs is 1. The summed E-state index contributed by atoms with van der Waals surface area (Å²) in [6, 6.07) is 3.34. The van der Waals surface area contributed by atoms with E-state index in [2.05, 4.69) is 0 Å². The quantitative estimate of drug-likeness (QED) is 0.643. The average molecular weight is 251 g/mol. The van der Waals surface area contributed by atoms with Crippen molar-refractivity contribution >= 4 is 11.7 Å². The van der Waals surface area contributed by atoms with Crippen molar-refractivity contribution in [2.24, 2.45) is 0 Å². The molecule has 2 N–H and O–H groups in total. The highest BCUT2D eigenvalue weighted by Crippen LogP contribution is 2.37. The van der Waals surface area contributed by atoms with Crippen molar-refractivity contribution in [1.29, 1.82) is 0 Å². The second-order valence-electron chi connectivity index (χ2n) is 4.36. The van der Waals surface area contributed by atoms with Crippen molar-refractivity contribution in [1.82, 2.24) is 0 Å². The van der Waals surface area contributed by atoms with Crippen molar-refractivity contribution in [3.63, 3.8) is 0 Å². The van der Waals surface area contributed by atoms with Crippen molar-refractivity contribution in [2.45, 2.75) is 26.4 Å². The highest BCUT2D eigenvalue weighted by molar-refractivity contribution is 5.99. The van der Waals surface area contributed by atoms with Crippen molar-refractivity contribution in [3.8, 4) is 11.5 Å². The van der Waals surface area contributed by atoms with Gasteiger partial charge < -0.3 is 19.9 Å². The van der Waals surface area contributed by atoms with Gasteiger partial charge in [-0.25, -0.2) is 4.79 Å². The number of ether oxygens (including phenoxy) is 3. The van der Waals surface area contributed by atoms with Crippen LogP contribution in [0.5, 0.6) is 11.5 Å². The normalized spacial score (nSPS) is 14.2. The molecule has 1 aromatic carbocycles. The Labute approximate surface area is 106 Å². The molecule has 0 saturated heterocycles. The molecule has 0 amide bonds. The Kier molecular flexibility index (Phi) is 3.60. The van der Waals surface area contributed by atoms with Crippen LogP contribution in [0.15, 0.2) is 12.1 Å². The van der Waals surface area contributed by atoms with Crippen LogP contribution in [0, 0.1) is 0 Å². The predicted molar refractivity (Wildman–Crippen MR) is 67.0 cm³/mol. The summed E-state index contributed by atoms with van der Waals surface area (Å²) in [5, 5.41) is 0. The van der Waals surface area contributed by atoms with Crippen LogP contribution < -0.4 is 15.2 Å². The van der Waals surface area contributed by atoms with E-state index in [1.54, 1.807) is 26.0 Å². The first-order chi connectivity index (χ1) is 8.59. The third kappa shape index (κ3) is 2.50. The molecule has 98 valence electrons. The first-order valence-corrected chi connectivity index (χ1v) is 5.98. The van der Waals surface area contributed by atoms with Crippen LogP contribution >= 0.6 is 0 Å². The fourth-order valence-corrected chi connectivity index (χ4v) is 1.73. The fraction of sp³-hybridized carbons (Fsp3) is 0.462. The van der Waals surface area contributed by atoms with E-state index in [4.69, 9.17) is 19.9 Å². The van der Waals surface area contributed by atoms with Gasteiger partial charge >= 0.3 is 5.97 Å². The zero-order chi connectivity index (χ0) is 13.1. The second-order valence-corrected chi connectivity index (χ2v) is 4.36. The molecule has 0 aliphatic carbocycles. The summed E-state index contributed by atoms with van der Waals surface area (Å²) in [5.41, 5.74) is 6.43. The Bertz CT molecular complexity index is 457. The van der Waals surface area contributed by atoms with Gasteiger partial charge in [0.1, 0.15) is 5.56 Å². The summed E-state index contributed by atoms with van der Waals surface area (Å²) < 4.78 is 16.2. The zero-order valence-corrected chi connectivity index (χ0v) is 10.6. The molecule has 0 saturated carbocycles. The molecule has 0 bridgehead atoms. The van der Waals surface area contributed by atoms with Gasteiger partial charge in [-0.1, -0.05) is 0 Å². The Morgan fingerprint density at radius 2 is 2.06 bits per heavy atom. The smallest absolute Gasteiger partial charge is 0.344 e. The summed E-state index contributed by atoms with van der Waals surface area (Å²) in [6.45, 7) is 4.63. The molecule has 0 radical (unpaired) electrons. The molecule has 1 aliphatic heterocycles. The molecule has 18 heavy (non-hydrogen) atoms. The molecule has 2 rings (SSSR count). The van der Waals surface area contributed by atoms with Gasteiger partial charge in [-0.3, -0.25) is 0 Å². The third-order valence-electron chi connectivity index (χ3n) is 2.49. The highest BCUT2D eigenvalue weighted by atomic mass is 16.6. The second kappa shape index (κ2) is 5.16. The summed E-state index contributed by atoms with van der Waals surface area (Å²) in [4.78, 5) is 12.0. The molecule has 0 atom stereocenters. The van der Waals surface area contributed by atoms with E-state index in [0.29, 0.717) is 30.4 Å². The third-order valence-corrected chi connectivity index (χ3v) is 2.49. The Balaban J connectivity index is 2.41. The predicted octanol–water partition coefficient (Wildman–Crippen LogP) is 2.00. The lowest BCUT2D eigenvalue weighted by Crippen LogP contribution is -2.15. The van der Waals surface area contributed by atoms with Gasteiger partial charge in [0.25, 0.3) is 0 Å². The van der Waals surface area contributed by atoms with Crippen molar-refractivity contribution in [2.75, 3.05) is 18.9 Å². The van der Waals surface area contributed by atoms with Gasteiger partial charge in [-0.15, -0.1) is 0 Å². The topological polar surface area (TPSA) is 70.8 Å².